The molecule has 1 aromatic carbocycles. The van der Waals surface area contributed by atoms with Crippen LogP contribution in [0.1, 0.15) is 23.5 Å². The second-order valence-corrected chi connectivity index (χ2v) is 5.12. The van der Waals surface area contributed by atoms with Gasteiger partial charge in [-0.3, -0.25) is 0 Å². The monoisotopic (exact) mass is 278 g/mol. The molecule has 0 aromatic heterocycles. The number of carbonyl (C=O) groups excluding carboxylic acids is 1. The smallest absolute Gasteiger partial charge is 0.315 e. The Morgan fingerprint density at radius 1 is 1.50 bits per heavy atom. The standard InChI is InChI=1S/C15H22N2O3/c1-20-7-6-13(10-18)17-15(19)16-9-12-8-11-4-2-3-5-14(11)12/h2-5,12-13,18H,6-10H2,1H3,(H2,16,17,19)/t12-,13-/m0/s1. The number of benzene rings is 1. The fourth-order valence-electron chi connectivity index (χ4n) is 2.47. The average molecular weight is 278 g/mol. The molecular weight excluding hydrogens is 256 g/mol. The van der Waals surface area contributed by atoms with Gasteiger partial charge in [-0.25, -0.2) is 4.79 Å². The molecule has 5 heteroatoms. The number of methoxy groups -OCH3 is 1. The van der Waals surface area contributed by atoms with Crippen LogP contribution in [-0.4, -0.2) is 44.0 Å². The van der Waals surface area contributed by atoms with E-state index in [0.717, 1.165) is 6.42 Å². The largest absolute Gasteiger partial charge is 0.394 e. The van der Waals surface area contributed by atoms with Crippen LogP contribution in [0.2, 0.25) is 0 Å². The highest BCUT2D eigenvalue weighted by Crippen LogP contribution is 2.33. The highest BCUT2D eigenvalue weighted by atomic mass is 16.5. The predicted molar refractivity (Wildman–Crippen MR) is 76.8 cm³/mol. The number of urea groups is 1. The number of ether oxygens (including phenoxy) is 1. The molecule has 0 fully saturated rings. The maximum atomic E-state index is 11.8. The van der Waals surface area contributed by atoms with Crippen molar-refractivity contribution in [3.05, 3.63) is 35.4 Å². The zero-order valence-electron chi connectivity index (χ0n) is 11.8. The third kappa shape index (κ3) is 3.71. The second kappa shape index (κ2) is 7.26. The van der Waals surface area contributed by atoms with Crippen LogP contribution in [0.3, 0.4) is 0 Å². The van der Waals surface area contributed by atoms with Gasteiger partial charge in [0.25, 0.3) is 0 Å². The molecule has 110 valence electrons. The lowest BCUT2D eigenvalue weighted by atomic mass is 9.78. The maximum Gasteiger partial charge on any atom is 0.315 e. The number of amides is 2. The summed E-state index contributed by atoms with van der Waals surface area (Å²) in [5.74, 6) is 0.406. The predicted octanol–water partition coefficient (Wildman–Crippen LogP) is 1.02. The first kappa shape index (κ1) is 14.8. The summed E-state index contributed by atoms with van der Waals surface area (Å²) in [5.41, 5.74) is 2.69. The average Bonchev–Trinajstić information content (AvgIpc) is 2.44. The van der Waals surface area contributed by atoms with E-state index >= 15 is 0 Å². The minimum Gasteiger partial charge on any atom is -0.394 e. The lowest BCUT2D eigenvalue weighted by Gasteiger charge is -2.30. The number of hydrogen-bond acceptors (Lipinski definition) is 3. The topological polar surface area (TPSA) is 70.6 Å². The third-order valence-electron chi connectivity index (χ3n) is 3.70. The van der Waals surface area contributed by atoms with Gasteiger partial charge in [-0.1, -0.05) is 24.3 Å². The Kier molecular flexibility index (Phi) is 5.38. The van der Waals surface area contributed by atoms with Crippen molar-refractivity contribution >= 4 is 6.03 Å². The highest BCUT2D eigenvalue weighted by Gasteiger charge is 2.25. The van der Waals surface area contributed by atoms with Crippen LogP contribution >= 0.6 is 0 Å². The molecule has 1 aliphatic rings. The van der Waals surface area contributed by atoms with Gasteiger partial charge < -0.3 is 20.5 Å². The van der Waals surface area contributed by atoms with E-state index in [1.165, 1.54) is 11.1 Å². The van der Waals surface area contributed by atoms with E-state index in [1.54, 1.807) is 7.11 Å². The molecule has 1 aliphatic carbocycles. The van der Waals surface area contributed by atoms with Crippen molar-refractivity contribution in [1.29, 1.82) is 0 Å². The van der Waals surface area contributed by atoms with Gasteiger partial charge in [0, 0.05) is 26.2 Å². The molecule has 5 nitrogen and oxygen atoms in total. The Morgan fingerprint density at radius 2 is 2.30 bits per heavy atom. The van der Waals surface area contributed by atoms with Crippen molar-refractivity contribution in [2.24, 2.45) is 0 Å². The van der Waals surface area contributed by atoms with E-state index < -0.39 is 0 Å². The van der Waals surface area contributed by atoms with E-state index in [1.807, 2.05) is 12.1 Å². The summed E-state index contributed by atoms with van der Waals surface area (Å²) in [4.78, 5) is 11.8. The van der Waals surface area contributed by atoms with Crippen molar-refractivity contribution in [3.8, 4) is 0 Å². The van der Waals surface area contributed by atoms with E-state index in [9.17, 15) is 4.79 Å². The maximum absolute atomic E-state index is 11.8. The van der Waals surface area contributed by atoms with Crippen LogP contribution in [0.15, 0.2) is 24.3 Å². The Hall–Kier alpha value is -1.59. The minimum absolute atomic E-state index is 0.0803. The lowest BCUT2D eigenvalue weighted by Crippen LogP contribution is -2.46. The molecule has 0 radical (unpaired) electrons. The van der Waals surface area contributed by atoms with Gasteiger partial charge in [-0.2, -0.15) is 0 Å². The number of aliphatic hydroxyl groups is 1. The molecule has 20 heavy (non-hydrogen) atoms. The summed E-state index contributed by atoms with van der Waals surface area (Å²) >= 11 is 0. The number of nitrogens with one attached hydrogen (secondary N) is 2. The van der Waals surface area contributed by atoms with Crippen LogP contribution in [0.25, 0.3) is 0 Å². The zero-order chi connectivity index (χ0) is 14.4. The number of rotatable bonds is 7. The van der Waals surface area contributed by atoms with Gasteiger partial charge in [0.15, 0.2) is 0 Å². The van der Waals surface area contributed by atoms with Gasteiger partial charge in [-0.15, -0.1) is 0 Å². The van der Waals surface area contributed by atoms with Crippen molar-refractivity contribution in [2.45, 2.75) is 24.8 Å². The first-order valence-corrected chi connectivity index (χ1v) is 6.96. The molecule has 0 heterocycles. The van der Waals surface area contributed by atoms with Crippen molar-refractivity contribution < 1.29 is 14.6 Å². The van der Waals surface area contributed by atoms with Crippen LogP contribution < -0.4 is 10.6 Å². The molecule has 2 rings (SSSR count). The number of hydrogen-bond donors (Lipinski definition) is 3. The first-order chi connectivity index (χ1) is 9.74. The summed E-state index contributed by atoms with van der Waals surface area (Å²) < 4.78 is 4.94. The van der Waals surface area contributed by atoms with Gasteiger partial charge in [0.2, 0.25) is 0 Å². The molecule has 1 aromatic rings. The van der Waals surface area contributed by atoms with Gasteiger partial charge in [0.1, 0.15) is 0 Å². The van der Waals surface area contributed by atoms with E-state index in [2.05, 4.69) is 22.8 Å². The van der Waals surface area contributed by atoms with Crippen LogP contribution in [0.4, 0.5) is 4.79 Å². The van der Waals surface area contributed by atoms with Crippen LogP contribution in [-0.2, 0) is 11.2 Å². The van der Waals surface area contributed by atoms with Crippen LogP contribution in [0, 0.1) is 0 Å². The second-order valence-electron chi connectivity index (χ2n) is 5.12. The van der Waals surface area contributed by atoms with Crippen molar-refractivity contribution in [1.82, 2.24) is 10.6 Å². The Bertz CT molecular complexity index is 450. The fourth-order valence-corrected chi connectivity index (χ4v) is 2.47. The summed E-state index contributed by atoms with van der Waals surface area (Å²) in [6.45, 7) is 1.07. The summed E-state index contributed by atoms with van der Waals surface area (Å²) in [5, 5.41) is 14.8. The molecular formula is C15H22N2O3. The van der Waals surface area contributed by atoms with Crippen LogP contribution in [0.5, 0.6) is 0 Å². The summed E-state index contributed by atoms with van der Waals surface area (Å²) in [6, 6.07) is 7.80. The first-order valence-electron chi connectivity index (χ1n) is 6.96. The molecule has 0 unspecified atom stereocenters. The quantitative estimate of drug-likeness (QED) is 0.697. The number of fused-ring (bicyclic) bond motifs is 1. The number of aliphatic hydroxyl groups excluding tert-OH is 1. The zero-order valence-corrected chi connectivity index (χ0v) is 11.8. The van der Waals surface area contributed by atoms with Gasteiger partial charge in [0.05, 0.1) is 12.6 Å². The molecule has 0 saturated heterocycles. The Morgan fingerprint density at radius 3 is 3.00 bits per heavy atom. The van der Waals surface area contributed by atoms with E-state index in [0.29, 0.717) is 25.5 Å². The van der Waals surface area contributed by atoms with Crippen molar-refractivity contribution in [2.75, 3.05) is 26.9 Å². The molecule has 0 bridgehead atoms. The van der Waals surface area contributed by atoms with Gasteiger partial charge >= 0.3 is 6.03 Å². The molecule has 3 N–H and O–H groups in total. The fraction of sp³-hybridized carbons (Fsp3) is 0.533. The lowest BCUT2D eigenvalue weighted by molar-refractivity contribution is 0.159. The molecule has 2 amide bonds. The SMILES string of the molecule is COCC[C@@H](CO)NC(=O)NC[C@@H]1Cc2ccccc21. The number of carbonyl (C=O) groups is 1. The van der Waals surface area contributed by atoms with Crippen molar-refractivity contribution in [3.63, 3.8) is 0 Å². The summed E-state index contributed by atoms with van der Waals surface area (Å²) in [7, 11) is 1.60. The summed E-state index contributed by atoms with van der Waals surface area (Å²) in [6.07, 6.45) is 1.62. The normalized spacial score (nSPS) is 17.8. The molecule has 0 aliphatic heterocycles. The Labute approximate surface area is 119 Å². The third-order valence-corrected chi connectivity index (χ3v) is 3.70. The highest BCUT2D eigenvalue weighted by molar-refractivity contribution is 5.74. The minimum atomic E-state index is -0.261. The molecule has 0 spiro atoms. The van der Waals surface area contributed by atoms with E-state index in [-0.39, 0.29) is 18.7 Å². The van der Waals surface area contributed by atoms with Gasteiger partial charge in [-0.05, 0) is 24.0 Å². The molecule has 0 saturated carbocycles. The van der Waals surface area contributed by atoms with E-state index in [4.69, 9.17) is 9.84 Å². The molecule has 2 atom stereocenters. The Balaban J connectivity index is 1.71.